The molecule has 17 heavy (non-hydrogen) atoms. The molecule has 0 aliphatic carbocycles. The molecule has 4 nitrogen and oxygen atoms in total. The van der Waals surface area contributed by atoms with Gasteiger partial charge >= 0.3 is 0 Å². The van der Waals surface area contributed by atoms with E-state index < -0.39 is 0 Å². The second-order valence-electron chi connectivity index (χ2n) is 4.70. The number of hydrogen-bond donors (Lipinski definition) is 1. The topological polar surface area (TPSA) is 44.9 Å². The maximum Gasteiger partial charge on any atom is 0.196 e. The van der Waals surface area contributed by atoms with E-state index in [9.17, 15) is 0 Å². The Labute approximate surface area is 104 Å². The molecule has 1 heterocycles. The van der Waals surface area contributed by atoms with Crippen LogP contribution >= 0.6 is 0 Å². The first-order valence-corrected chi connectivity index (χ1v) is 6.09. The van der Waals surface area contributed by atoms with E-state index in [1.807, 2.05) is 13.0 Å². The third-order valence-electron chi connectivity index (χ3n) is 3.17. The molecule has 1 saturated heterocycles. The van der Waals surface area contributed by atoms with E-state index >= 15 is 0 Å². The highest BCUT2D eigenvalue weighted by Gasteiger charge is 2.21. The maximum atomic E-state index is 5.99. The minimum absolute atomic E-state index is 0.623. The summed E-state index contributed by atoms with van der Waals surface area (Å²) >= 11 is 0. The zero-order valence-corrected chi connectivity index (χ0v) is 11.2. The maximum absolute atomic E-state index is 5.99. The summed E-state index contributed by atoms with van der Waals surface area (Å²) in [5.41, 5.74) is 6.88. The summed E-state index contributed by atoms with van der Waals surface area (Å²) in [5, 5.41) is 0. The third kappa shape index (κ3) is 4.23. The molecule has 96 valence electrons. The summed E-state index contributed by atoms with van der Waals surface area (Å²) in [4.78, 5) is 8.80. The number of aliphatic imine (C=N–C) groups is 1. The molecule has 0 spiro atoms. The highest BCUT2D eigenvalue weighted by atomic mass is 15.3. The van der Waals surface area contributed by atoms with Gasteiger partial charge in [-0.05, 0) is 39.9 Å². The molecule has 1 fully saturated rings. The van der Waals surface area contributed by atoms with Crippen LogP contribution in [-0.4, -0.2) is 49.0 Å². The largest absolute Gasteiger partial charge is 0.369 e. The van der Waals surface area contributed by atoms with E-state index in [0.29, 0.717) is 12.0 Å². The SMILES string of the molecule is C=C/C=C(/C)N=C(N)N1CCC(N(C)C)CC1. The molecule has 1 rings (SSSR count). The zero-order valence-electron chi connectivity index (χ0n) is 11.2. The molecule has 0 unspecified atom stereocenters. The first-order chi connectivity index (χ1) is 8.04. The van der Waals surface area contributed by atoms with Crippen molar-refractivity contribution in [3.05, 3.63) is 24.4 Å². The lowest BCUT2D eigenvalue weighted by molar-refractivity contribution is 0.190. The van der Waals surface area contributed by atoms with Crippen LogP contribution in [-0.2, 0) is 0 Å². The highest BCUT2D eigenvalue weighted by Crippen LogP contribution is 2.14. The zero-order chi connectivity index (χ0) is 12.8. The molecule has 0 amide bonds. The highest BCUT2D eigenvalue weighted by molar-refractivity contribution is 5.79. The Hall–Kier alpha value is -1.29. The van der Waals surface area contributed by atoms with Crippen LogP contribution in [0.15, 0.2) is 29.4 Å². The molecular formula is C13H24N4. The van der Waals surface area contributed by atoms with Crippen LogP contribution in [0.5, 0.6) is 0 Å². The summed E-state index contributed by atoms with van der Waals surface area (Å²) in [6.45, 7) is 7.55. The second-order valence-corrected chi connectivity index (χ2v) is 4.70. The fourth-order valence-electron chi connectivity index (χ4n) is 2.07. The number of guanidine groups is 1. The average Bonchev–Trinajstić information content (AvgIpc) is 2.29. The summed E-state index contributed by atoms with van der Waals surface area (Å²) in [6, 6.07) is 0.670. The van der Waals surface area contributed by atoms with E-state index in [2.05, 4.69) is 35.5 Å². The summed E-state index contributed by atoms with van der Waals surface area (Å²) in [7, 11) is 4.27. The molecule has 2 N–H and O–H groups in total. The van der Waals surface area contributed by atoms with Crippen LogP contribution in [0, 0.1) is 0 Å². The number of rotatable bonds is 3. The smallest absolute Gasteiger partial charge is 0.196 e. The van der Waals surface area contributed by atoms with Gasteiger partial charge in [-0.15, -0.1) is 0 Å². The molecule has 4 heteroatoms. The Morgan fingerprint density at radius 3 is 2.47 bits per heavy atom. The van der Waals surface area contributed by atoms with Gasteiger partial charge in [-0.2, -0.15) is 0 Å². The predicted octanol–water partition coefficient (Wildman–Crippen LogP) is 1.42. The van der Waals surface area contributed by atoms with Crippen molar-refractivity contribution >= 4 is 5.96 Å². The molecule has 0 aromatic rings. The normalized spacial score (nSPS) is 19.9. The number of nitrogens with zero attached hydrogens (tertiary/aromatic N) is 3. The molecule has 0 aromatic carbocycles. The van der Waals surface area contributed by atoms with Crippen molar-refractivity contribution in [3.63, 3.8) is 0 Å². The number of nitrogens with two attached hydrogens (primary N) is 1. The predicted molar refractivity (Wildman–Crippen MR) is 73.9 cm³/mol. The van der Waals surface area contributed by atoms with Crippen molar-refractivity contribution < 1.29 is 0 Å². The molecule has 0 atom stereocenters. The lowest BCUT2D eigenvalue weighted by Crippen LogP contribution is -2.47. The monoisotopic (exact) mass is 236 g/mol. The van der Waals surface area contributed by atoms with E-state index in [1.54, 1.807) is 6.08 Å². The Morgan fingerprint density at radius 2 is 2.00 bits per heavy atom. The average molecular weight is 236 g/mol. The van der Waals surface area contributed by atoms with E-state index in [0.717, 1.165) is 31.6 Å². The number of likely N-dealkylation sites (tertiary alicyclic amines) is 1. The third-order valence-corrected chi connectivity index (χ3v) is 3.17. The molecule has 0 saturated carbocycles. The van der Waals surface area contributed by atoms with Gasteiger partial charge in [0.05, 0.1) is 0 Å². The number of allylic oxidation sites excluding steroid dienone is 3. The lowest BCUT2D eigenvalue weighted by Gasteiger charge is -2.35. The molecular weight excluding hydrogens is 212 g/mol. The van der Waals surface area contributed by atoms with E-state index in [-0.39, 0.29) is 0 Å². The summed E-state index contributed by atoms with van der Waals surface area (Å²) < 4.78 is 0. The number of hydrogen-bond acceptors (Lipinski definition) is 2. The van der Waals surface area contributed by atoms with Crippen LogP contribution in [0.1, 0.15) is 19.8 Å². The van der Waals surface area contributed by atoms with Crippen LogP contribution in [0.3, 0.4) is 0 Å². The minimum atomic E-state index is 0.623. The van der Waals surface area contributed by atoms with E-state index in [1.165, 1.54) is 0 Å². The van der Waals surface area contributed by atoms with Gasteiger partial charge in [-0.1, -0.05) is 12.7 Å². The van der Waals surface area contributed by atoms with Crippen molar-refractivity contribution in [2.45, 2.75) is 25.8 Å². The van der Waals surface area contributed by atoms with Gasteiger partial charge in [-0.25, -0.2) is 4.99 Å². The van der Waals surface area contributed by atoms with Crippen molar-refractivity contribution in [1.82, 2.24) is 9.80 Å². The molecule has 0 bridgehead atoms. The van der Waals surface area contributed by atoms with Gasteiger partial charge in [0.1, 0.15) is 0 Å². The number of piperidine rings is 1. The van der Waals surface area contributed by atoms with Crippen molar-refractivity contribution in [2.24, 2.45) is 10.7 Å². The summed E-state index contributed by atoms with van der Waals surface area (Å²) in [5.74, 6) is 0.623. The first-order valence-electron chi connectivity index (χ1n) is 6.09. The van der Waals surface area contributed by atoms with Gasteiger partial charge in [0.2, 0.25) is 0 Å². The molecule has 1 aliphatic rings. The van der Waals surface area contributed by atoms with Gasteiger partial charge in [0.15, 0.2) is 5.96 Å². The Bertz CT molecular complexity index is 309. The summed E-state index contributed by atoms with van der Waals surface area (Å²) in [6.07, 6.45) is 5.88. The Balaban J connectivity index is 2.54. The van der Waals surface area contributed by atoms with Crippen molar-refractivity contribution in [3.8, 4) is 0 Å². The molecule has 0 radical (unpaired) electrons. The standard InChI is InChI=1S/C13H24N4/c1-5-6-11(2)15-13(14)17-9-7-12(8-10-17)16(3)4/h5-6,12H,1,7-10H2,2-4H3,(H2,14,15)/b11-6-. The Morgan fingerprint density at radius 1 is 1.41 bits per heavy atom. The van der Waals surface area contributed by atoms with Crippen LogP contribution in [0.25, 0.3) is 0 Å². The Kier molecular flexibility index (Phi) is 5.22. The van der Waals surface area contributed by atoms with E-state index in [4.69, 9.17) is 5.73 Å². The van der Waals surface area contributed by atoms with Crippen LogP contribution < -0.4 is 5.73 Å². The lowest BCUT2D eigenvalue weighted by atomic mass is 10.0. The van der Waals surface area contributed by atoms with Gasteiger partial charge in [0.25, 0.3) is 0 Å². The van der Waals surface area contributed by atoms with Crippen LogP contribution in [0.4, 0.5) is 0 Å². The molecule has 0 aromatic heterocycles. The fourth-order valence-corrected chi connectivity index (χ4v) is 2.07. The van der Waals surface area contributed by atoms with Gasteiger partial charge in [-0.3, -0.25) is 0 Å². The van der Waals surface area contributed by atoms with Gasteiger partial charge in [0, 0.05) is 24.8 Å². The molecule has 1 aliphatic heterocycles. The van der Waals surface area contributed by atoms with Crippen LogP contribution in [0.2, 0.25) is 0 Å². The van der Waals surface area contributed by atoms with Crippen molar-refractivity contribution in [1.29, 1.82) is 0 Å². The van der Waals surface area contributed by atoms with Crippen molar-refractivity contribution in [2.75, 3.05) is 27.2 Å². The fraction of sp³-hybridized carbons (Fsp3) is 0.615. The second kappa shape index (κ2) is 6.45. The van der Waals surface area contributed by atoms with Gasteiger partial charge < -0.3 is 15.5 Å². The minimum Gasteiger partial charge on any atom is -0.369 e. The first kappa shape index (κ1) is 13.8. The quantitative estimate of drug-likeness (QED) is 0.458.